The minimum atomic E-state index is -3.66. The van der Waals surface area contributed by atoms with Crippen LogP contribution in [-0.4, -0.2) is 45.7 Å². The zero-order valence-corrected chi connectivity index (χ0v) is 15.9. The average Bonchev–Trinajstić information content (AvgIpc) is 2.62. The van der Waals surface area contributed by atoms with Gasteiger partial charge in [-0.1, -0.05) is 24.3 Å². The van der Waals surface area contributed by atoms with Gasteiger partial charge in [-0.05, 0) is 48.2 Å². The van der Waals surface area contributed by atoms with Gasteiger partial charge in [-0.2, -0.15) is 4.31 Å². The van der Waals surface area contributed by atoms with Gasteiger partial charge in [0.1, 0.15) is 15.7 Å². The Kier molecular flexibility index (Phi) is 5.18. The monoisotopic (exact) mass is 397 g/mol. The lowest BCUT2D eigenvalue weighted by molar-refractivity contribution is 0.346. The molecule has 1 heterocycles. The van der Waals surface area contributed by atoms with Gasteiger partial charge in [-0.15, -0.1) is 0 Å². The van der Waals surface area contributed by atoms with Crippen molar-refractivity contribution in [1.29, 1.82) is 0 Å². The number of benzene rings is 2. The lowest BCUT2D eigenvalue weighted by Crippen LogP contribution is -2.42. The van der Waals surface area contributed by atoms with Crippen molar-refractivity contribution in [1.82, 2.24) is 4.31 Å². The highest BCUT2D eigenvalue weighted by Gasteiger charge is 2.33. The van der Waals surface area contributed by atoms with Crippen LogP contribution in [0.4, 0.5) is 4.39 Å². The largest absolute Gasteiger partial charge is 0.243 e. The second kappa shape index (κ2) is 7.09. The Balaban J connectivity index is 1.77. The molecule has 0 bridgehead atoms. The van der Waals surface area contributed by atoms with Crippen molar-refractivity contribution >= 4 is 19.9 Å². The van der Waals surface area contributed by atoms with Gasteiger partial charge >= 0.3 is 0 Å². The molecule has 0 unspecified atom stereocenters. The van der Waals surface area contributed by atoms with Gasteiger partial charge in [0.15, 0.2) is 0 Å². The number of sulfone groups is 1. The van der Waals surface area contributed by atoms with Crippen LogP contribution >= 0.6 is 0 Å². The standard InChI is InChI=1S/C18H20FNO4S2/c1-25(21,22)17-10-12-20(13-11-17)26(23,24)18-8-4-15(5-9-18)14-2-6-16(19)7-3-14/h2-9,17H,10-13H2,1H3. The average molecular weight is 397 g/mol. The first-order chi connectivity index (χ1) is 12.2. The number of sulfonamides is 1. The third kappa shape index (κ3) is 3.97. The molecular formula is C18H20FNO4S2. The Labute approximate surface area is 153 Å². The molecule has 0 N–H and O–H groups in total. The van der Waals surface area contributed by atoms with Gasteiger partial charge in [-0.3, -0.25) is 0 Å². The van der Waals surface area contributed by atoms with E-state index in [1.807, 2.05) is 0 Å². The van der Waals surface area contributed by atoms with Crippen molar-refractivity contribution in [2.45, 2.75) is 23.0 Å². The third-order valence-electron chi connectivity index (χ3n) is 4.68. The summed E-state index contributed by atoms with van der Waals surface area (Å²) in [6.07, 6.45) is 1.81. The SMILES string of the molecule is CS(=O)(=O)C1CCN(S(=O)(=O)c2ccc(-c3ccc(F)cc3)cc2)CC1. The molecule has 2 aromatic rings. The molecule has 2 aromatic carbocycles. The van der Waals surface area contributed by atoms with Crippen molar-refractivity contribution in [2.75, 3.05) is 19.3 Å². The number of hydrogen-bond acceptors (Lipinski definition) is 4. The summed E-state index contributed by atoms with van der Waals surface area (Å²) in [6, 6.07) is 12.4. The molecule has 8 heteroatoms. The Hall–Kier alpha value is -1.77. The Bertz CT molecular complexity index is 976. The third-order valence-corrected chi connectivity index (χ3v) is 8.27. The second-order valence-electron chi connectivity index (χ2n) is 6.46. The van der Waals surface area contributed by atoms with Crippen molar-refractivity contribution in [3.05, 3.63) is 54.3 Å². The molecule has 140 valence electrons. The summed E-state index contributed by atoms with van der Waals surface area (Å²) >= 11 is 0. The van der Waals surface area contributed by atoms with E-state index in [9.17, 15) is 21.2 Å². The van der Waals surface area contributed by atoms with Crippen LogP contribution in [0.15, 0.2) is 53.4 Å². The molecule has 26 heavy (non-hydrogen) atoms. The predicted molar refractivity (Wildman–Crippen MR) is 98.5 cm³/mol. The number of rotatable bonds is 4. The van der Waals surface area contributed by atoms with Crippen molar-refractivity contribution in [2.24, 2.45) is 0 Å². The molecule has 1 aliphatic heterocycles. The highest BCUT2D eigenvalue weighted by molar-refractivity contribution is 7.91. The van der Waals surface area contributed by atoms with Gasteiger partial charge in [-0.25, -0.2) is 21.2 Å². The number of piperidine rings is 1. The predicted octanol–water partition coefficient (Wildman–Crippen LogP) is 2.69. The van der Waals surface area contributed by atoms with Crippen LogP contribution in [0.3, 0.4) is 0 Å². The van der Waals surface area contributed by atoms with E-state index in [1.165, 1.54) is 34.8 Å². The minimum Gasteiger partial charge on any atom is -0.229 e. The molecule has 0 radical (unpaired) electrons. The summed E-state index contributed by atoms with van der Waals surface area (Å²) in [5.41, 5.74) is 1.59. The van der Waals surface area contributed by atoms with Gasteiger partial charge in [0.25, 0.3) is 0 Å². The fourth-order valence-electron chi connectivity index (χ4n) is 3.11. The maximum Gasteiger partial charge on any atom is 0.243 e. The zero-order valence-electron chi connectivity index (χ0n) is 14.3. The fraction of sp³-hybridized carbons (Fsp3) is 0.333. The van der Waals surface area contributed by atoms with Crippen LogP contribution < -0.4 is 0 Å². The van der Waals surface area contributed by atoms with Crippen LogP contribution in [0.5, 0.6) is 0 Å². The zero-order chi connectivity index (χ0) is 18.9. The van der Waals surface area contributed by atoms with E-state index in [-0.39, 0.29) is 23.8 Å². The molecule has 0 amide bonds. The molecule has 1 fully saturated rings. The van der Waals surface area contributed by atoms with Crippen molar-refractivity contribution in [3.8, 4) is 11.1 Å². The van der Waals surface area contributed by atoms with Gasteiger partial charge in [0.05, 0.1) is 10.1 Å². The highest BCUT2D eigenvalue weighted by Crippen LogP contribution is 2.26. The number of nitrogens with zero attached hydrogens (tertiary/aromatic N) is 1. The molecular weight excluding hydrogens is 377 g/mol. The lowest BCUT2D eigenvalue weighted by Gasteiger charge is -2.30. The van der Waals surface area contributed by atoms with Gasteiger partial charge in [0.2, 0.25) is 10.0 Å². The minimum absolute atomic E-state index is 0.168. The Morgan fingerprint density at radius 1 is 0.846 bits per heavy atom. The van der Waals surface area contributed by atoms with Gasteiger partial charge < -0.3 is 0 Å². The van der Waals surface area contributed by atoms with E-state index in [4.69, 9.17) is 0 Å². The molecule has 0 spiro atoms. The Morgan fingerprint density at radius 3 is 1.77 bits per heavy atom. The van der Waals surface area contributed by atoms with Crippen LogP contribution in [-0.2, 0) is 19.9 Å². The summed E-state index contributed by atoms with van der Waals surface area (Å²) in [4.78, 5) is 0.168. The van der Waals surface area contributed by atoms with Crippen molar-refractivity contribution < 1.29 is 21.2 Å². The maximum absolute atomic E-state index is 13.0. The topological polar surface area (TPSA) is 71.5 Å². The molecule has 0 aliphatic carbocycles. The number of halogens is 1. The second-order valence-corrected chi connectivity index (χ2v) is 10.7. The smallest absolute Gasteiger partial charge is 0.229 e. The van der Waals surface area contributed by atoms with Gasteiger partial charge in [0, 0.05) is 19.3 Å². The molecule has 1 saturated heterocycles. The molecule has 1 aliphatic rings. The maximum atomic E-state index is 13.0. The summed E-state index contributed by atoms with van der Waals surface area (Å²) in [6.45, 7) is 0.388. The van der Waals surface area contributed by atoms with Crippen LogP contribution in [0, 0.1) is 5.82 Å². The lowest BCUT2D eigenvalue weighted by atomic mass is 10.1. The molecule has 5 nitrogen and oxygen atoms in total. The molecule has 3 rings (SSSR count). The van der Waals surface area contributed by atoms with E-state index in [2.05, 4.69) is 0 Å². The molecule has 0 aromatic heterocycles. The first-order valence-electron chi connectivity index (χ1n) is 8.23. The van der Waals surface area contributed by atoms with Crippen LogP contribution in [0.2, 0.25) is 0 Å². The van der Waals surface area contributed by atoms with E-state index in [0.29, 0.717) is 12.8 Å². The van der Waals surface area contributed by atoms with E-state index < -0.39 is 25.1 Å². The van der Waals surface area contributed by atoms with E-state index in [1.54, 1.807) is 24.3 Å². The first-order valence-corrected chi connectivity index (χ1v) is 11.6. The van der Waals surface area contributed by atoms with Crippen molar-refractivity contribution in [3.63, 3.8) is 0 Å². The fourth-order valence-corrected chi connectivity index (χ4v) is 5.65. The normalized spacial score (nSPS) is 17.3. The summed E-state index contributed by atoms with van der Waals surface area (Å²) in [7, 11) is -6.81. The van der Waals surface area contributed by atoms with Crippen LogP contribution in [0.1, 0.15) is 12.8 Å². The molecule has 0 atom stereocenters. The summed E-state index contributed by atoms with van der Waals surface area (Å²) in [5.74, 6) is -0.328. The number of hydrogen-bond donors (Lipinski definition) is 0. The van der Waals surface area contributed by atoms with E-state index >= 15 is 0 Å². The van der Waals surface area contributed by atoms with Crippen LogP contribution in [0.25, 0.3) is 11.1 Å². The summed E-state index contributed by atoms with van der Waals surface area (Å²) < 4.78 is 63.1. The first kappa shape index (κ1) is 19.0. The van der Waals surface area contributed by atoms with E-state index in [0.717, 1.165) is 11.1 Å². The summed E-state index contributed by atoms with van der Waals surface area (Å²) in [5, 5.41) is -0.477. The highest BCUT2D eigenvalue weighted by atomic mass is 32.2. The Morgan fingerprint density at radius 2 is 1.31 bits per heavy atom. The molecule has 0 saturated carbocycles. The quantitative estimate of drug-likeness (QED) is 0.795.